The first-order valence-electron chi connectivity index (χ1n) is 10.7. The molecule has 1 aliphatic carbocycles. The van der Waals surface area contributed by atoms with Crippen molar-refractivity contribution in [2.24, 2.45) is 0 Å². The number of benzene rings is 1. The van der Waals surface area contributed by atoms with Crippen LogP contribution in [0, 0.1) is 11.3 Å². The number of carbonyl (C=O) groups is 1. The summed E-state index contributed by atoms with van der Waals surface area (Å²) in [5, 5.41) is 14.1. The van der Waals surface area contributed by atoms with Crippen molar-refractivity contribution in [1.29, 1.82) is 5.26 Å². The van der Waals surface area contributed by atoms with E-state index in [2.05, 4.69) is 16.4 Å². The lowest BCUT2D eigenvalue weighted by molar-refractivity contribution is -0.113. The average Bonchev–Trinajstić information content (AvgIpc) is 3.52. The summed E-state index contributed by atoms with van der Waals surface area (Å²) in [7, 11) is 0. The number of anilines is 1. The number of ether oxygens (including phenoxy) is 1. The first-order chi connectivity index (χ1) is 15.6. The Balaban J connectivity index is 1.37. The maximum Gasteiger partial charge on any atom is 0.262 e. The zero-order valence-corrected chi connectivity index (χ0v) is 19.1. The van der Waals surface area contributed by atoms with Crippen LogP contribution in [-0.4, -0.2) is 33.9 Å². The predicted molar refractivity (Wildman–Crippen MR) is 125 cm³/mol. The molecule has 1 aliphatic heterocycles. The standard InChI is InChI=1S/C23H22N4O3S2/c24-11-17-15-7-3-9-19(15)32-21(17)26-20(28)13-31-23-25-18-8-2-1-6-16(18)22(29)27(23)12-14-5-4-10-30-14/h1-2,6,8,14H,3-5,7,9-10,12-13H2,(H,26,28). The van der Waals surface area contributed by atoms with Gasteiger partial charge in [0, 0.05) is 11.5 Å². The lowest BCUT2D eigenvalue weighted by atomic mass is 10.1. The monoisotopic (exact) mass is 466 g/mol. The number of nitrogens with one attached hydrogen (secondary N) is 1. The van der Waals surface area contributed by atoms with Gasteiger partial charge in [-0.3, -0.25) is 14.2 Å². The molecule has 3 heterocycles. The fourth-order valence-corrected chi connectivity index (χ4v) is 6.38. The van der Waals surface area contributed by atoms with Crippen molar-refractivity contribution >= 4 is 44.9 Å². The van der Waals surface area contributed by atoms with Gasteiger partial charge in [0.2, 0.25) is 5.91 Å². The molecule has 9 heteroatoms. The highest BCUT2D eigenvalue weighted by Crippen LogP contribution is 2.38. The molecule has 1 saturated heterocycles. The Labute approximate surface area is 193 Å². The normalized spacial score (nSPS) is 17.4. The fraction of sp³-hybridized carbons (Fsp3) is 0.391. The number of hydrogen-bond donors (Lipinski definition) is 1. The van der Waals surface area contributed by atoms with Crippen LogP contribution in [-0.2, 0) is 28.9 Å². The van der Waals surface area contributed by atoms with Gasteiger partial charge in [0.1, 0.15) is 11.1 Å². The van der Waals surface area contributed by atoms with E-state index in [1.54, 1.807) is 10.6 Å². The van der Waals surface area contributed by atoms with Gasteiger partial charge < -0.3 is 10.1 Å². The van der Waals surface area contributed by atoms with E-state index in [1.807, 2.05) is 18.2 Å². The Bertz CT molecular complexity index is 1280. The zero-order valence-electron chi connectivity index (χ0n) is 17.4. The Morgan fingerprint density at radius 2 is 2.22 bits per heavy atom. The van der Waals surface area contributed by atoms with Crippen LogP contribution < -0.4 is 10.9 Å². The third-order valence-electron chi connectivity index (χ3n) is 5.86. The van der Waals surface area contributed by atoms with Crippen LogP contribution >= 0.6 is 23.1 Å². The minimum absolute atomic E-state index is 0.0180. The zero-order chi connectivity index (χ0) is 22.1. The molecular weight excluding hydrogens is 444 g/mol. The molecule has 164 valence electrons. The van der Waals surface area contributed by atoms with Crippen molar-refractivity contribution in [1.82, 2.24) is 9.55 Å². The molecule has 32 heavy (non-hydrogen) atoms. The number of carbonyl (C=O) groups excluding carboxylic acids is 1. The van der Waals surface area contributed by atoms with Crippen LogP contribution in [0.3, 0.4) is 0 Å². The van der Waals surface area contributed by atoms with Crippen LogP contribution in [0.25, 0.3) is 10.9 Å². The lowest BCUT2D eigenvalue weighted by Gasteiger charge is -2.16. The SMILES string of the molecule is N#Cc1c(NC(=O)CSc2nc3ccccc3c(=O)n2CC2CCCO2)sc2c1CCC2. The summed E-state index contributed by atoms with van der Waals surface area (Å²) >= 11 is 2.74. The van der Waals surface area contributed by atoms with Crippen LogP contribution in [0.15, 0.2) is 34.2 Å². The average molecular weight is 467 g/mol. The molecule has 5 rings (SSSR count). The molecule has 1 atom stereocenters. The van der Waals surface area contributed by atoms with Gasteiger partial charge in [-0.2, -0.15) is 5.26 Å². The number of rotatable bonds is 6. The van der Waals surface area contributed by atoms with Gasteiger partial charge in [-0.05, 0) is 49.8 Å². The number of para-hydroxylation sites is 1. The summed E-state index contributed by atoms with van der Waals surface area (Å²) in [5.41, 5.74) is 2.18. The van der Waals surface area contributed by atoms with Crippen molar-refractivity contribution in [2.45, 2.75) is 49.9 Å². The summed E-state index contributed by atoms with van der Waals surface area (Å²) in [6.45, 7) is 1.13. The predicted octanol–water partition coefficient (Wildman–Crippen LogP) is 3.73. The number of hydrogen-bond acceptors (Lipinski definition) is 7. The highest BCUT2D eigenvalue weighted by Gasteiger charge is 2.24. The van der Waals surface area contributed by atoms with Crippen LogP contribution in [0.2, 0.25) is 0 Å². The van der Waals surface area contributed by atoms with E-state index in [0.29, 0.717) is 39.8 Å². The highest BCUT2D eigenvalue weighted by atomic mass is 32.2. The molecule has 2 aliphatic rings. The van der Waals surface area contributed by atoms with E-state index in [-0.39, 0.29) is 23.3 Å². The van der Waals surface area contributed by atoms with Gasteiger partial charge in [-0.1, -0.05) is 23.9 Å². The summed E-state index contributed by atoms with van der Waals surface area (Å²) < 4.78 is 7.37. The summed E-state index contributed by atoms with van der Waals surface area (Å²) in [5.74, 6) is -0.110. The van der Waals surface area contributed by atoms with Gasteiger partial charge >= 0.3 is 0 Å². The van der Waals surface area contributed by atoms with Gasteiger partial charge in [-0.25, -0.2) is 4.98 Å². The minimum Gasteiger partial charge on any atom is -0.376 e. The Hall–Kier alpha value is -2.67. The molecule has 7 nitrogen and oxygen atoms in total. The molecule has 1 N–H and O–H groups in total. The summed E-state index contributed by atoms with van der Waals surface area (Å²) in [6.07, 6.45) is 4.80. The Morgan fingerprint density at radius 3 is 3.03 bits per heavy atom. The van der Waals surface area contributed by atoms with Crippen LogP contribution in [0.5, 0.6) is 0 Å². The van der Waals surface area contributed by atoms with Crippen LogP contribution in [0.4, 0.5) is 5.00 Å². The maximum absolute atomic E-state index is 13.2. The van der Waals surface area contributed by atoms with Crippen LogP contribution in [0.1, 0.15) is 35.3 Å². The Kier molecular flexibility index (Phi) is 6.00. The number of nitrogens with zero attached hydrogens (tertiary/aromatic N) is 3. The third-order valence-corrected chi connectivity index (χ3v) is 8.04. The van der Waals surface area contributed by atoms with E-state index in [4.69, 9.17) is 4.74 Å². The molecule has 1 amide bonds. The third kappa shape index (κ3) is 4.06. The van der Waals surface area contributed by atoms with E-state index in [9.17, 15) is 14.9 Å². The highest BCUT2D eigenvalue weighted by molar-refractivity contribution is 7.99. The Morgan fingerprint density at radius 1 is 1.34 bits per heavy atom. The number of aromatic nitrogens is 2. The molecule has 0 bridgehead atoms. The lowest BCUT2D eigenvalue weighted by Crippen LogP contribution is -2.29. The topological polar surface area (TPSA) is 97.0 Å². The molecule has 1 aromatic carbocycles. The molecule has 1 fully saturated rings. The number of thioether (sulfide) groups is 1. The number of amides is 1. The summed E-state index contributed by atoms with van der Waals surface area (Å²) in [4.78, 5) is 31.7. The molecule has 2 aromatic heterocycles. The quantitative estimate of drug-likeness (QED) is 0.439. The molecular formula is C23H22N4O3S2. The second-order valence-corrected chi connectivity index (χ2v) is 10.0. The molecule has 3 aromatic rings. The summed E-state index contributed by atoms with van der Waals surface area (Å²) in [6, 6.07) is 9.51. The van der Waals surface area contributed by atoms with E-state index in [1.165, 1.54) is 28.0 Å². The van der Waals surface area contributed by atoms with Gasteiger partial charge in [0.25, 0.3) is 5.56 Å². The smallest absolute Gasteiger partial charge is 0.262 e. The van der Waals surface area contributed by atoms with E-state index < -0.39 is 0 Å². The van der Waals surface area contributed by atoms with E-state index in [0.717, 1.165) is 37.7 Å². The second-order valence-electron chi connectivity index (χ2n) is 7.97. The number of thiophene rings is 1. The van der Waals surface area contributed by atoms with Crippen molar-refractivity contribution in [2.75, 3.05) is 17.7 Å². The molecule has 1 unspecified atom stereocenters. The minimum atomic E-state index is -0.211. The number of nitriles is 1. The fourth-order valence-electron chi connectivity index (χ4n) is 4.31. The first-order valence-corrected chi connectivity index (χ1v) is 12.5. The maximum atomic E-state index is 13.2. The van der Waals surface area contributed by atoms with Gasteiger partial charge in [-0.15, -0.1) is 11.3 Å². The first kappa shape index (κ1) is 21.2. The van der Waals surface area contributed by atoms with Crippen molar-refractivity contribution in [3.05, 3.63) is 50.6 Å². The number of aryl methyl sites for hydroxylation is 1. The number of fused-ring (bicyclic) bond motifs is 2. The van der Waals surface area contributed by atoms with Crippen molar-refractivity contribution in [3.63, 3.8) is 0 Å². The van der Waals surface area contributed by atoms with Crippen molar-refractivity contribution in [3.8, 4) is 6.07 Å². The molecule has 0 radical (unpaired) electrons. The van der Waals surface area contributed by atoms with Gasteiger partial charge in [0.15, 0.2) is 5.16 Å². The van der Waals surface area contributed by atoms with Crippen molar-refractivity contribution < 1.29 is 9.53 Å². The van der Waals surface area contributed by atoms with E-state index >= 15 is 0 Å². The van der Waals surface area contributed by atoms with Gasteiger partial charge in [0.05, 0.1) is 34.9 Å². The molecule has 0 saturated carbocycles. The largest absolute Gasteiger partial charge is 0.376 e. The second kappa shape index (κ2) is 9.06. The molecule has 0 spiro atoms.